The topological polar surface area (TPSA) is 98.5 Å². The first-order valence-corrected chi connectivity index (χ1v) is 7.68. The van der Waals surface area contributed by atoms with Crippen LogP contribution < -0.4 is 5.32 Å². The average Bonchev–Trinajstić information content (AvgIpc) is 2.54. The second-order valence-corrected chi connectivity index (χ2v) is 5.73. The van der Waals surface area contributed by atoms with Crippen molar-refractivity contribution in [2.45, 2.75) is 20.0 Å². The zero-order valence-electron chi connectivity index (χ0n) is 13.5. The molecule has 25 heavy (non-hydrogen) atoms. The van der Waals surface area contributed by atoms with Gasteiger partial charge in [0, 0.05) is 17.8 Å². The molecular weight excluding hydrogens is 348 g/mol. The Bertz CT molecular complexity index is 838. The lowest BCUT2D eigenvalue weighted by atomic mass is 10.2. The van der Waals surface area contributed by atoms with Gasteiger partial charge in [-0.25, -0.2) is 4.79 Å². The number of hydrogen-bond donors (Lipinski definition) is 1. The molecule has 0 bridgehead atoms. The molecule has 1 unspecified atom stereocenters. The highest BCUT2D eigenvalue weighted by Crippen LogP contribution is 2.23. The van der Waals surface area contributed by atoms with Crippen LogP contribution in [0.1, 0.15) is 22.8 Å². The molecule has 0 aliphatic rings. The zero-order chi connectivity index (χ0) is 18.6. The molecule has 0 spiro atoms. The third-order valence-electron chi connectivity index (χ3n) is 3.32. The molecule has 1 atom stereocenters. The largest absolute Gasteiger partial charge is 0.449 e. The highest BCUT2D eigenvalue weighted by molar-refractivity contribution is 6.33. The molecule has 1 amide bonds. The first kappa shape index (κ1) is 18.4. The van der Waals surface area contributed by atoms with E-state index in [4.69, 9.17) is 16.3 Å². The van der Waals surface area contributed by atoms with Crippen molar-refractivity contribution in [3.63, 3.8) is 0 Å². The number of nitrogens with one attached hydrogen (secondary N) is 1. The van der Waals surface area contributed by atoms with Gasteiger partial charge in [0.25, 0.3) is 11.6 Å². The normalized spacial score (nSPS) is 11.5. The number of halogens is 1. The molecular formula is C17H15ClN2O5. The summed E-state index contributed by atoms with van der Waals surface area (Å²) in [5, 5.41) is 13.2. The summed E-state index contributed by atoms with van der Waals surface area (Å²) in [6, 6.07) is 10.5. The minimum atomic E-state index is -1.07. The molecule has 7 nitrogen and oxygen atoms in total. The first-order valence-electron chi connectivity index (χ1n) is 7.30. The third-order valence-corrected chi connectivity index (χ3v) is 3.63. The summed E-state index contributed by atoms with van der Waals surface area (Å²) in [4.78, 5) is 34.3. The second kappa shape index (κ2) is 7.76. The second-order valence-electron chi connectivity index (χ2n) is 5.33. The third kappa shape index (κ3) is 4.77. The molecule has 0 fully saturated rings. The standard InChI is InChI=1S/C17H15ClN2O5/c1-10-4-3-5-12(8-10)19-16(21)11(2)25-17(22)14-7-6-13(20(23)24)9-15(14)18/h3-9,11H,1-2H3,(H,19,21). The molecule has 2 aromatic carbocycles. The van der Waals surface area contributed by atoms with E-state index in [1.807, 2.05) is 13.0 Å². The zero-order valence-corrected chi connectivity index (χ0v) is 14.2. The molecule has 8 heteroatoms. The van der Waals surface area contributed by atoms with Gasteiger partial charge in [0.1, 0.15) is 0 Å². The first-order chi connectivity index (χ1) is 11.8. The van der Waals surface area contributed by atoms with E-state index < -0.39 is 22.9 Å². The fourth-order valence-electron chi connectivity index (χ4n) is 2.03. The lowest BCUT2D eigenvalue weighted by Gasteiger charge is -2.14. The number of carbonyl (C=O) groups excluding carboxylic acids is 2. The number of nitrogens with zero attached hydrogens (tertiary/aromatic N) is 1. The molecule has 0 aromatic heterocycles. The van der Waals surface area contributed by atoms with Crippen molar-refractivity contribution in [3.05, 3.63) is 68.7 Å². The van der Waals surface area contributed by atoms with Crippen LogP contribution in [0, 0.1) is 17.0 Å². The van der Waals surface area contributed by atoms with Gasteiger partial charge in [-0.1, -0.05) is 23.7 Å². The summed E-state index contributed by atoms with van der Waals surface area (Å²) in [6.45, 7) is 3.30. The van der Waals surface area contributed by atoms with Gasteiger partial charge in [-0.2, -0.15) is 0 Å². The number of benzene rings is 2. The molecule has 2 aromatic rings. The molecule has 130 valence electrons. The maximum absolute atomic E-state index is 12.1. The van der Waals surface area contributed by atoms with E-state index in [1.54, 1.807) is 18.2 Å². The van der Waals surface area contributed by atoms with Crippen LogP contribution in [0.25, 0.3) is 0 Å². The van der Waals surface area contributed by atoms with E-state index in [9.17, 15) is 19.7 Å². The molecule has 0 aliphatic carbocycles. The van der Waals surface area contributed by atoms with Crippen molar-refractivity contribution in [3.8, 4) is 0 Å². The summed E-state index contributed by atoms with van der Waals surface area (Å²) < 4.78 is 5.08. The Hall–Kier alpha value is -2.93. The van der Waals surface area contributed by atoms with E-state index in [-0.39, 0.29) is 16.3 Å². The number of anilines is 1. The van der Waals surface area contributed by atoms with Crippen LogP contribution in [0.5, 0.6) is 0 Å². The van der Waals surface area contributed by atoms with Crippen molar-refractivity contribution >= 4 is 34.9 Å². The molecule has 0 heterocycles. The number of rotatable bonds is 5. The van der Waals surface area contributed by atoms with E-state index >= 15 is 0 Å². The van der Waals surface area contributed by atoms with E-state index in [0.29, 0.717) is 5.69 Å². The summed E-state index contributed by atoms with van der Waals surface area (Å²) in [6.07, 6.45) is -1.07. The number of non-ortho nitro benzene ring substituents is 1. The fourth-order valence-corrected chi connectivity index (χ4v) is 2.28. The monoisotopic (exact) mass is 362 g/mol. The Morgan fingerprint density at radius 3 is 2.56 bits per heavy atom. The molecule has 2 rings (SSSR count). The Morgan fingerprint density at radius 2 is 1.96 bits per heavy atom. The SMILES string of the molecule is Cc1cccc(NC(=O)C(C)OC(=O)c2ccc([N+](=O)[O-])cc2Cl)c1. The van der Waals surface area contributed by atoms with Gasteiger partial charge in [0.15, 0.2) is 6.10 Å². The maximum Gasteiger partial charge on any atom is 0.340 e. The molecule has 1 N–H and O–H groups in total. The summed E-state index contributed by atoms with van der Waals surface area (Å²) in [5.41, 5.74) is 1.26. The fraction of sp³-hybridized carbons (Fsp3) is 0.176. The van der Waals surface area contributed by atoms with E-state index in [1.165, 1.54) is 13.0 Å². The van der Waals surface area contributed by atoms with Gasteiger partial charge >= 0.3 is 5.97 Å². The minimum Gasteiger partial charge on any atom is -0.449 e. The summed E-state index contributed by atoms with van der Waals surface area (Å²) >= 11 is 5.87. The Balaban J connectivity index is 2.04. The summed E-state index contributed by atoms with van der Waals surface area (Å²) in [7, 11) is 0. The van der Waals surface area contributed by atoms with Gasteiger partial charge in [-0.05, 0) is 37.6 Å². The van der Waals surface area contributed by atoms with Gasteiger partial charge in [0.2, 0.25) is 0 Å². The van der Waals surface area contributed by atoms with Crippen LogP contribution in [0.15, 0.2) is 42.5 Å². The molecule has 0 aliphatic heterocycles. The van der Waals surface area contributed by atoms with Crippen molar-refractivity contribution in [2.24, 2.45) is 0 Å². The van der Waals surface area contributed by atoms with Gasteiger partial charge < -0.3 is 10.1 Å². The number of nitro benzene ring substituents is 1. The summed E-state index contributed by atoms with van der Waals surface area (Å²) in [5.74, 6) is -1.34. The number of nitro groups is 1. The van der Waals surface area contributed by atoms with Gasteiger partial charge in [0.05, 0.1) is 15.5 Å². The van der Waals surface area contributed by atoms with E-state index in [2.05, 4.69) is 5.32 Å². The Labute approximate surface area is 148 Å². The lowest BCUT2D eigenvalue weighted by molar-refractivity contribution is -0.384. The number of hydrogen-bond acceptors (Lipinski definition) is 5. The predicted molar refractivity (Wildman–Crippen MR) is 92.8 cm³/mol. The Morgan fingerprint density at radius 1 is 1.24 bits per heavy atom. The average molecular weight is 363 g/mol. The highest BCUT2D eigenvalue weighted by atomic mass is 35.5. The number of carbonyl (C=O) groups is 2. The number of esters is 1. The van der Waals surface area contributed by atoms with Crippen LogP contribution in [-0.4, -0.2) is 22.9 Å². The number of aryl methyl sites for hydroxylation is 1. The molecule has 0 radical (unpaired) electrons. The van der Waals surface area contributed by atoms with Crippen molar-refractivity contribution < 1.29 is 19.2 Å². The van der Waals surface area contributed by atoms with Crippen LogP contribution in [0.2, 0.25) is 5.02 Å². The maximum atomic E-state index is 12.1. The van der Waals surface area contributed by atoms with Crippen molar-refractivity contribution in [1.29, 1.82) is 0 Å². The smallest absolute Gasteiger partial charge is 0.340 e. The van der Waals surface area contributed by atoms with Crippen LogP contribution >= 0.6 is 11.6 Å². The van der Waals surface area contributed by atoms with Crippen molar-refractivity contribution in [2.75, 3.05) is 5.32 Å². The van der Waals surface area contributed by atoms with Crippen LogP contribution in [0.4, 0.5) is 11.4 Å². The quantitative estimate of drug-likeness (QED) is 0.496. The van der Waals surface area contributed by atoms with Gasteiger partial charge in [-0.3, -0.25) is 14.9 Å². The number of amides is 1. The van der Waals surface area contributed by atoms with Gasteiger partial charge in [-0.15, -0.1) is 0 Å². The molecule has 0 saturated heterocycles. The highest BCUT2D eigenvalue weighted by Gasteiger charge is 2.22. The Kier molecular flexibility index (Phi) is 5.71. The minimum absolute atomic E-state index is 0.0533. The lowest BCUT2D eigenvalue weighted by Crippen LogP contribution is -2.30. The van der Waals surface area contributed by atoms with Crippen LogP contribution in [0.3, 0.4) is 0 Å². The predicted octanol–water partition coefficient (Wildman–Crippen LogP) is 3.74. The number of ether oxygens (including phenoxy) is 1. The van der Waals surface area contributed by atoms with Crippen molar-refractivity contribution in [1.82, 2.24) is 0 Å². The van der Waals surface area contributed by atoms with Crippen LogP contribution in [-0.2, 0) is 9.53 Å². The van der Waals surface area contributed by atoms with E-state index in [0.717, 1.165) is 17.7 Å². The molecule has 0 saturated carbocycles.